The van der Waals surface area contributed by atoms with E-state index in [0.717, 1.165) is 67.5 Å². The Morgan fingerprint density at radius 2 is 1.94 bits per heavy atom. The van der Waals surface area contributed by atoms with Crippen molar-refractivity contribution in [1.29, 1.82) is 0 Å². The van der Waals surface area contributed by atoms with Gasteiger partial charge in [-0.1, -0.05) is 12.1 Å². The van der Waals surface area contributed by atoms with Crippen LogP contribution in [0.2, 0.25) is 0 Å². The summed E-state index contributed by atoms with van der Waals surface area (Å²) in [5, 5.41) is 11.6. The normalized spacial score (nSPS) is 12.6. The van der Waals surface area contributed by atoms with E-state index in [4.69, 9.17) is 9.72 Å². The van der Waals surface area contributed by atoms with Crippen LogP contribution in [0.3, 0.4) is 0 Å². The van der Waals surface area contributed by atoms with Crippen molar-refractivity contribution >= 4 is 27.8 Å². The average molecular weight is 477 g/mol. The highest BCUT2D eigenvalue weighted by molar-refractivity contribution is 6.08. The third-order valence-electron chi connectivity index (χ3n) is 6.96. The number of hydrogen-bond acceptors (Lipinski definition) is 4. The first-order valence-electron chi connectivity index (χ1n) is 11.9. The number of aromatic nitrogens is 2. The van der Waals surface area contributed by atoms with Crippen molar-refractivity contribution in [3.05, 3.63) is 99.5 Å². The highest BCUT2D eigenvalue weighted by atomic mass is 16.5. The lowest BCUT2D eigenvalue weighted by Crippen LogP contribution is -2.18. The van der Waals surface area contributed by atoms with E-state index in [9.17, 15) is 14.7 Å². The summed E-state index contributed by atoms with van der Waals surface area (Å²) in [5.41, 5.74) is 7.48. The third-order valence-corrected chi connectivity index (χ3v) is 6.96. The van der Waals surface area contributed by atoms with Crippen molar-refractivity contribution < 1.29 is 14.6 Å². The van der Waals surface area contributed by atoms with Crippen molar-refractivity contribution in [3.8, 4) is 22.6 Å². The van der Waals surface area contributed by atoms with Gasteiger partial charge >= 0.3 is 5.97 Å². The quantitative estimate of drug-likeness (QED) is 0.376. The summed E-state index contributed by atoms with van der Waals surface area (Å²) in [4.78, 5) is 29.8. The smallest absolute Gasteiger partial charge is 0.307 e. The van der Waals surface area contributed by atoms with Gasteiger partial charge in [-0.15, -0.1) is 0 Å². The molecule has 0 saturated carbocycles. The lowest BCUT2D eigenvalue weighted by molar-refractivity contribution is -0.136. The minimum Gasteiger partial charge on any atom is -0.493 e. The largest absolute Gasteiger partial charge is 0.493 e. The maximum Gasteiger partial charge on any atom is 0.307 e. The Morgan fingerprint density at radius 3 is 2.75 bits per heavy atom. The molecule has 0 aliphatic carbocycles. The van der Waals surface area contributed by atoms with E-state index in [1.165, 1.54) is 0 Å². The minimum absolute atomic E-state index is 0.139. The fourth-order valence-corrected chi connectivity index (χ4v) is 5.38. The van der Waals surface area contributed by atoms with Gasteiger partial charge in [-0.05, 0) is 84.1 Å². The fourth-order valence-electron chi connectivity index (χ4n) is 5.38. The Labute approximate surface area is 207 Å². The number of carboxylic acids is 1. The molecule has 1 aliphatic rings. The van der Waals surface area contributed by atoms with Gasteiger partial charge < -0.3 is 9.84 Å². The van der Waals surface area contributed by atoms with E-state index in [-0.39, 0.29) is 12.0 Å². The molecule has 36 heavy (non-hydrogen) atoms. The molecule has 0 amide bonds. The molecule has 0 spiro atoms. The summed E-state index contributed by atoms with van der Waals surface area (Å²) in [6, 6.07) is 19.0. The molecule has 0 saturated heterocycles. The van der Waals surface area contributed by atoms with Crippen molar-refractivity contribution in [2.45, 2.75) is 26.7 Å². The molecule has 6 nitrogen and oxygen atoms in total. The highest BCUT2D eigenvalue weighted by Crippen LogP contribution is 2.42. The molecule has 3 heterocycles. The van der Waals surface area contributed by atoms with Crippen LogP contribution in [0.25, 0.3) is 38.6 Å². The molecule has 178 valence electrons. The van der Waals surface area contributed by atoms with Crippen LogP contribution < -0.4 is 10.3 Å². The lowest BCUT2D eigenvalue weighted by Gasteiger charge is -2.22. The van der Waals surface area contributed by atoms with E-state index in [1.807, 2.05) is 62.4 Å². The molecule has 1 N–H and O–H groups in total. The first-order valence-corrected chi connectivity index (χ1v) is 11.9. The molecule has 0 atom stereocenters. The van der Waals surface area contributed by atoms with Crippen molar-refractivity contribution in [2.75, 3.05) is 6.61 Å². The Hall–Kier alpha value is -4.45. The van der Waals surface area contributed by atoms with Crippen LogP contribution in [0.4, 0.5) is 0 Å². The number of aliphatic carboxylic acids is 1. The van der Waals surface area contributed by atoms with E-state index in [2.05, 4.69) is 0 Å². The van der Waals surface area contributed by atoms with Crippen LogP contribution in [0.15, 0.2) is 71.7 Å². The summed E-state index contributed by atoms with van der Waals surface area (Å²) >= 11 is 0. The number of ether oxygens (including phenoxy) is 1. The van der Waals surface area contributed by atoms with Crippen molar-refractivity contribution in [3.63, 3.8) is 0 Å². The number of nitrogens with zero attached hydrogens (tertiary/aromatic N) is 2. The van der Waals surface area contributed by atoms with E-state index in [1.54, 1.807) is 22.9 Å². The van der Waals surface area contributed by atoms with E-state index >= 15 is 0 Å². The molecular weight excluding hydrogens is 452 g/mol. The second-order valence-corrected chi connectivity index (χ2v) is 9.30. The number of hydrogen-bond donors (Lipinski definition) is 1. The number of carbonyl (C=O) groups is 1. The van der Waals surface area contributed by atoms with Gasteiger partial charge in [0, 0.05) is 40.7 Å². The summed E-state index contributed by atoms with van der Waals surface area (Å²) in [7, 11) is 0. The monoisotopic (exact) mass is 476 g/mol. The van der Waals surface area contributed by atoms with Crippen molar-refractivity contribution in [1.82, 2.24) is 9.55 Å². The van der Waals surface area contributed by atoms with Gasteiger partial charge in [0.05, 0.1) is 24.1 Å². The van der Waals surface area contributed by atoms with Crippen LogP contribution >= 0.6 is 0 Å². The fraction of sp³-hybridized carbons (Fsp3) is 0.167. The maximum atomic E-state index is 13.2. The van der Waals surface area contributed by atoms with E-state index < -0.39 is 5.97 Å². The van der Waals surface area contributed by atoms with Crippen LogP contribution in [0.1, 0.15) is 22.3 Å². The standard InChI is InChI=1S/C30H24N2O4/c1-17-4-3-5-20(14-17)32-24-15-18(2)23(16-27(34)35)29(21(24)7-9-26(32)33)22-6-8-25-28-19(11-13-36-25)10-12-31-30(22)28/h3-10,12,14-15H,11,13,16H2,1-2H3,(H,34,35). The van der Waals surface area contributed by atoms with Gasteiger partial charge in [0.2, 0.25) is 0 Å². The second kappa shape index (κ2) is 8.34. The molecule has 1 aliphatic heterocycles. The van der Waals surface area contributed by atoms with Crippen LogP contribution in [-0.2, 0) is 17.6 Å². The van der Waals surface area contributed by atoms with Gasteiger partial charge in [0.25, 0.3) is 5.56 Å². The zero-order valence-electron chi connectivity index (χ0n) is 20.0. The van der Waals surface area contributed by atoms with Crippen LogP contribution in [-0.4, -0.2) is 27.2 Å². The van der Waals surface area contributed by atoms with Gasteiger partial charge in [-0.2, -0.15) is 0 Å². The molecule has 6 heteroatoms. The first kappa shape index (κ1) is 22.0. The molecule has 0 radical (unpaired) electrons. The molecule has 0 fully saturated rings. The van der Waals surface area contributed by atoms with Crippen LogP contribution in [0.5, 0.6) is 5.75 Å². The number of rotatable bonds is 4. The molecule has 3 aromatic carbocycles. The topological polar surface area (TPSA) is 81.4 Å². The third kappa shape index (κ3) is 3.45. The predicted octanol–water partition coefficient (Wildman–Crippen LogP) is 5.38. The number of fused-ring (bicyclic) bond motifs is 1. The average Bonchev–Trinajstić information content (AvgIpc) is 2.85. The Bertz CT molecular complexity index is 1760. The highest BCUT2D eigenvalue weighted by Gasteiger charge is 2.23. The zero-order chi connectivity index (χ0) is 25.0. The van der Waals surface area contributed by atoms with Gasteiger partial charge in [-0.3, -0.25) is 19.1 Å². The minimum atomic E-state index is -0.912. The molecule has 0 unspecified atom stereocenters. The summed E-state index contributed by atoms with van der Waals surface area (Å²) in [5.74, 6) is -0.124. The second-order valence-electron chi connectivity index (χ2n) is 9.30. The molecule has 0 bridgehead atoms. The zero-order valence-corrected chi connectivity index (χ0v) is 20.0. The number of aryl methyl sites for hydroxylation is 2. The molecule has 6 rings (SSSR count). The lowest BCUT2D eigenvalue weighted by atomic mass is 9.87. The van der Waals surface area contributed by atoms with E-state index in [0.29, 0.717) is 12.2 Å². The predicted molar refractivity (Wildman–Crippen MR) is 140 cm³/mol. The summed E-state index contributed by atoms with van der Waals surface area (Å²) < 4.78 is 7.62. The molecule has 5 aromatic rings. The number of benzene rings is 3. The van der Waals surface area contributed by atoms with Crippen molar-refractivity contribution in [2.24, 2.45) is 0 Å². The van der Waals surface area contributed by atoms with Gasteiger partial charge in [0.15, 0.2) is 0 Å². The Kier molecular flexibility index (Phi) is 5.11. The Balaban J connectivity index is 1.77. The number of carboxylic acid groups (broad SMARTS) is 1. The maximum absolute atomic E-state index is 13.2. The Morgan fingerprint density at radius 1 is 1.08 bits per heavy atom. The van der Waals surface area contributed by atoms with Crippen LogP contribution in [0, 0.1) is 13.8 Å². The molecule has 2 aromatic heterocycles. The SMILES string of the molecule is Cc1cccc(-n2c(=O)ccc3c(-c4ccc5c6c(ccnc46)CCO5)c(CC(=O)O)c(C)cc32)c1. The summed E-state index contributed by atoms with van der Waals surface area (Å²) in [6.45, 7) is 4.51. The first-order chi connectivity index (χ1) is 17.4. The van der Waals surface area contributed by atoms with Gasteiger partial charge in [0.1, 0.15) is 5.75 Å². The number of pyridine rings is 2. The van der Waals surface area contributed by atoms with Gasteiger partial charge in [-0.25, -0.2) is 0 Å². The summed E-state index contributed by atoms with van der Waals surface area (Å²) in [6.07, 6.45) is 2.45. The molecular formula is C30H24N2O4.